The van der Waals surface area contributed by atoms with Crippen molar-refractivity contribution in [3.63, 3.8) is 0 Å². The molecule has 0 radical (unpaired) electrons. The van der Waals surface area contributed by atoms with Gasteiger partial charge in [-0.15, -0.1) is 0 Å². The van der Waals surface area contributed by atoms with Crippen molar-refractivity contribution >= 4 is 15.7 Å². The molecule has 3 aromatic carbocycles. The fourth-order valence-corrected chi connectivity index (χ4v) is 7.10. The molecule has 1 amide bonds. The van der Waals surface area contributed by atoms with Gasteiger partial charge in [0, 0.05) is 42.9 Å². The first-order chi connectivity index (χ1) is 18.3. The number of hydrogen-bond donors (Lipinski definition) is 2. The Hall–Kier alpha value is -3.20. The Balaban J connectivity index is 1.55. The Morgan fingerprint density at radius 1 is 1.05 bits per heavy atom. The number of methoxy groups -OCH3 is 1. The molecule has 200 valence electrons. The zero-order valence-electron chi connectivity index (χ0n) is 21.8. The summed E-state index contributed by atoms with van der Waals surface area (Å²) < 4.78 is 30.1. The maximum Gasteiger partial charge on any atom is 0.222 e. The van der Waals surface area contributed by atoms with Crippen LogP contribution in [0, 0.1) is 11.8 Å². The second-order valence-corrected chi connectivity index (χ2v) is 12.4. The van der Waals surface area contributed by atoms with Crippen molar-refractivity contribution in [2.75, 3.05) is 26.5 Å². The molecule has 3 aromatic rings. The SMILES string of the molecule is COc1ccc(S(C)(=O)=O)cc1CN[C@H]1[C@H]2CCN(C[C@@H]2C(N)=O)[C@@H]1C(c1ccccc1)c1ccccc1. The number of amides is 1. The number of fused-ring (bicyclic) bond motifs is 3. The molecule has 3 aliphatic rings. The number of carbonyl (C=O) groups excluding carboxylic acids is 1. The summed E-state index contributed by atoms with van der Waals surface area (Å²) >= 11 is 0. The number of primary amides is 1. The molecule has 3 N–H and O–H groups in total. The van der Waals surface area contributed by atoms with Gasteiger partial charge in [0.1, 0.15) is 5.75 Å². The molecule has 3 fully saturated rings. The van der Waals surface area contributed by atoms with Gasteiger partial charge < -0.3 is 15.8 Å². The van der Waals surface area contributed by atoms with Crippen LogP contribution in [0.5, 0.6) is 5.75 Å². The van der Waals surface area contributed by atoms with Crippen molar-refractivity contribution in [3.8, 4) is 5.75 Å². The van der Waals surface area contributed by atoms with Crippen LogP contribution < -0.4 is 15.8 Å². The van der Waals surface area contributed by atoms with E-state index in [9.17, 15) is 13.2 Å². The zero-order chi connectivity index (χ0) is 26.9. The number of hydrogen-bond acceptors (Lipinski definition) is 6. The number of rotatable bonds is 9. The van der Waals surface area contributed by atoms with E-state index in [1.165, 1.54) is 17.4 Å². The largest absolute Gasteiger partial charge is 0.496 e. The van der Waals surface area contributed by atoms with Crippen molar-refractivity contribution in [3.05, 3.63) is 95.6 Å². The summed E-state index contributed by atoms with van der Waals surface area (Å²) in [6.45, 7) is 1.95. The first kappa shape index (κ1) is 26.4. The lowest BCUT2D eigenvalue weighted by Gasteiger charge is -2.56. The minimum Gasteiger partial charge on any atom is -0.496 e. The summed E-state index contributed by atoms with van der Waals surface area (Å²) in [6, 6.07) is 26.0. The number of carbonyl (C=O) groups is 1. The number of nitrogens with one attached hydrogen (secondary N) is 1. The first-order valence-electron chi connectivity index (χ1n) is 13.0. The van der Waals surface area contributed by atoms with Crippen LogP contribution in [0.25, 0.3) is 0 Å². The highest BCUT2D eigenvalue weighted by atomic mass is 32.2. The van der Waals surface area contributed by atoms with Gasteiger partial charge in [-0.25, -0.2) is 8.42 Å². The molecule has 3 heterocycles. The van der Waals surface area contributed by atoms with Crippen molar-refractivity contribution in [2.45, 2.75) is 35.9 Å². The Morgan fingerprint density at radius 2 is 1.68 bits per heavy atom. The van der Waals surface area contributed by atoms with E-state index in [2.05, 4.69) is 58.7 Å². The van der Waals surface area contributed by atoms with Gasteiger partial charge in [-0.2, -0.15) is 0 Å². The summed E-state index contributed by atoms with van der Waals surface area (Å²) in [5.74, 6) is 0.264. The molecule has 3 saturated heterocycles. The van der Waals surface area contributed by atoms with Crippen molar-refractivity contribution in [1.82, 2.24) is 10.2 Å². The Bertz CT molecular complexity index is 1340. The van der Waals surface area contributed by atoms with E-state index in [4.69, 9.17) is 10.5 Å². The molecule has 38 heavy (non-hydrogen) atoms. The van der Waals surface area contributed by atoms with E-state index in [0.717, 1.165) is 18.5 Å². The van der Waals surface area contributed by atoms with Crippen LogP contribution >= 0.6 is 0 Å². The number of nitrogens with zero attached hydrogens (tertiary/aromatic N) is 1. The normalized spacial score (nSPS) is 24.9. The molecular formula is C30H35N3O4S. The number of sulfone groups is 1. The first-order valence-corrected chi connectivity index (χ1v) is 14.9. The van der Waals surface area contributed by atoms with E-state index in [1.807, 2.05) is 12.1 Å². The summed E-state index contributed by atoms with van der Waals surface area (Å²) in [5.41, 5.74) is 9.10. The fourth-order valence-electron chi connectivity index (χ4n) is 6.43. The third-order valence-electron chi connectivity index (χ3n) is 8.18. The van der Waals surface area contributed by atoms with Gasteiger partial charge >= 0.3 is 0 Å². The molecule has 0 aliphatic carbocycles. The highest BCUT2D eigenvalue weighted by molar-refractivity contribution is 7.90. The van der Waals surface area contributed by atoms with Crippen molar-refractivity contribution < 1.29 is 17.9 Å². The van der Waals surface area contributed by atoms with Crippen molar-refractivity contribution in [2.24, 2.45) is 17.6 Å². The minimum atomic E-state index is -3.37. The topological polar surface area (TPSA) is 102 Å². The molecular weight excluding hydrogens is 498 g/mol. The molecule has 0 aromatic heterocycles. The third kappa shape index (κ3) is 5.21. The Labute approximate surface area is 224 Å². The average molecular weight is 534 g/mol. The molecule has 5 atom stereocenters. The summed E-state index contributed by atoms with van der Waals surface area (Å²) in [4.78, 5) is 15.2. The lowest BCUT2D eigenvalue weighted by Crippen LogP contribution is -2.68. The molecule has 8 heteroatoms. The van der Waals surface area contributed by atoms with Gasteiger partial charge in [0.15, 0.2) is 9.84 Å². The number of piperidine rings is 3. The third-order valence-corrected chi connectivity index (χ3v) is 9.29. The molecule has 3 aliphatic heterocycles. The highest BCUT2D eigenvalue weighted by Crippen LogP contribution is 2.44. The van der Waals surface area contributed by atoms with Crippen molar-refractivity contribution in [1.29, 1.82) is 0 Å². The van der Waals surface area contributed by atoms with Gasteiger partial charge in [0.25, 0.3) is 0 Å². The quantitative estimate of drug-likeness (QED) is 0.438. The van der Waals surface area contributed by atoms with Gasteiger partial charge in [0.2, 0.25) is 5.91 Å². The fraction of sp³-hybridized carbons (Fsp3) is 0.367. The summed E-state index contributed by atoms with van der Waals surface area (Å²) in [7, 11) is -1.79. The number of ether oxygens (including phenoxy) is 1. The number of nitrogens with two attached hydrogens (primary N) is 1. The minimum absolute atomic E-state index is 0.0491. The van der Waals surface area contributed by atoms with Crippen LogP contribution in [0.4, 0.5) is 0 Å². The summed E-state index contributed by atoms with van der Waals surface area (Å²) in [6.07, 6.45) is 2.08. The Kier molecular flexibility index (Phi) is 7.56. The second kappa shape index (κ2) is 10.9. The molecule has 2 bridgehead atoms. The monoisotopic (exact) mass is 533 g/mol. The molecule has 0 spiro atoms. The van der Waals surface area contributed by atoms with E-state index >= 15 is 0 Å². The Morgan fingerprint density at radius 3 is 2.24 bits per heavy atom. The van der Waals surface area contributed by atoms with Crippen LogP contribution in [0.1, 0.15) is 29.0 Å². The highest BCUT2D eigenvalue weighted by Gasteiger charge is 2.51. The predicted octanol–water partition coefficient (Wildman–Crippen LogP) is 3.19. The predicted molar refractivity (Wildman–Crippen MR) is 148 cm³/mol. The van der Waals surface area contributed by atoms with E-state index < -0.39 is 9.84 Å². The second-order valence-electron chi connectivity index (χ2n) is 10.4. The lowest BCUT2D eigenvalue weighted by molar-refractivity contribution is -0.132. The van der Waals surface area contributed by atoms with Crippen LogP contribution in [0.2, 0.25) is 0 Å². The van der Waals surface area contributed by atoms with E-state index in [-0.39, 0.29) is 40.6 Å². The standard InChI is InChI=1S/C30H35N3O4S/c1-37-26-14-13-23(38(2,35)36)17-22(26)18-32-28-24-15-16-33(19-25(24)30(31)34)29(28)27(20-9-5-3-6-10-20)21-11-7-4-8-12-21/h3-14,17,24-25,27-29,32H,15-16,18-19H2,1-2H3,(H2,31,34)/t24-,25-,28-,29+/m0/s1. The van der Waals surface area contributed by atoms with Crippen LogP contribution in [-0.2, 0) is 21.2 Å². The van der Waals surface area contributed by atoms with Gasteiger partial charge in [-0.05, 0) is 48.2 Å². The van der Waals surface area contributed by atoms with Gasteiger partial charge in [-0.3, -0.25) is 9.69 Å². The van der Waals surface area contributed by atoms with E-state index in [0.29, 0.717) is 18.8 Å². The molecule has 6 rings (SSSR count). The molecule has 1 unspecified atom stereocenters. The maximum atomic E-state index is 12.5. The number of benzene rings is 3. The lowest BCUT2D eigenvalue weighted by atomic mass is 9.66. The average Bonchev–Trinajstić information content (AvgIpc) is 2.93. The van der Waals surface area contributed by atoms with Crippen LogP contribution in [-0.4, -0.2) is 57.8 Å². The zero-order valence-corrected chi connectivity index (χ0v) is 22.6. The maximum absolute atomic E-state index is 12.5. The smallest absolute Gasteiger partial charge is 0.222 e. The molecule has 7 nitrogen and oxygen atoms in total. The molecule has 0 saturated carbocycles. The van der Waals surface area contributed by atoms with Crippen LogP contribution in [0.15, 0.2) is 83.8 Å². The van der Waals surface area contributed by atoms with E-state index in [1.54, 1.807) is 25.3 Å². The van der Waals surface area contributed by atoms with Gasteiger partial charge in [-0.1, -0.05) is 60.7 Å². The summed E-state index contributed by atoms with van der Waals surface area (Å²) in [5, 5.41) is 3.75. The van der Waals surface area contributed by atoms with Crippen LogP contribution in [0.3, 0.4) is 0 Å². The van der Waals surface area contributed by atoms with Gasteiger partial charge in [0.05, 0.1) is 17.9 Å².